The first-order valence-electron chi connectivity index (χ1n) is 18.2. The van der Waals surface area contributed by atoms with Gasteiger partial charge in [0.1, 0.15) is 5.75 Å². The zero-order chi connectivity index (χ0) is 35.4. The van der Waals surface area contributed by atoms with Crippen LogP contribution in [0.2, 0.25) is 10.1 Å². The molecule has 0 spiro atoms. The van der Waals surface area contributed by atoms with Crippen LogP contribution in [0.1, 0.15) is 72.3 Å². The Morgan fingerprint density at radius 2 is 0.760 bits per heavy atom. The van der Waals surface area contributed by atoms with Gasteiger partial charge in [0.05, 0.1) is 7.11 Å². The maximum Gasteiger partial charge on any atom is 0.261 e. The molecule has 0 bridgehead atoms. The number of ether oxygens (including phenoxy) is 1. The van der Waals surface area contributed by atoms with Gasteiger partial charge in [0.2, 0.25) is 0 Å². The summed E-state index contributed by atoms with van der Waals surface area (Å²) in [6.07, 6.45) is 2.74. The predicted octanol–water partition coefficient (Wildman–Crippen LogP) is 8.85. The lowest BCUT2D eigenvalue weighted by molar-refractivity contribution is 0.0467. The van der Waals surface area contributed by atoms with Gasteiger partial charge in [-0.1, -0.05) is 175 Å². The summed E-state index contributed by atoms with van der Waals surface area (Å²) in [4.78, 5) is 0. The normalized spacial score (nSPS) is 18.8. The SMILES string of the molecule is COc1ccc(C2CC(O[Si](c3ccccc3)(c3ccccc3)C(C)(C)C)CC(O[Si](c3ccccc3)(c3ccccc3)C(C)(C)C)C2)cc1. The minimum absolute atomic E-state index is 0.00497. The Morgan fingerprint density at radius 3 is 1.04 bits per heavy atom. The van der Waals surface area contributed by atoms with Crippen LogP contribution in [-0.4, -0.2) is 36.0 Å². The van der Waals surface area contributed by atoms with Crippen molar-refractivity contribution in [2.75, 3.05) is 7.11 Å². The van der Waals surface area contributed by atoms with Gasteiger partial charge in [-0.25, -0.2) is 0 Å². The molecule has 1 aliphatic carbocycles. The Bertz CT molecular complexity index is 1590. The Kier molecular flexibility index (Phi) is 10.7. The lowest BCUT2D eigenvalue weighted by atomic mass is 9.81. The molecule has 0 N–H and O–H groups in total. The number of benzene rings is 5. The van der Waals surface area contributed by atoms with E-state index < -0.39 is 16.6 Å². The van der Waals surface area contributed by atoms with Gasteiger partial charge in [0.15, 0.2) is 0 Å². The average Bonchev–Trinajstić information content (AvgIpc) is 3.13. The quantitative estimate of drug-likeness (QED) is 0.137. The summed E-state index contributed by atoms with van der Waals surface area (Å²) >= 11 is 0. The van der Waals surface area contributed by atoms with Crippen LogP contribution >= 0.6 is 0 Å². The zero-order valence-corrected chi connectivity index (χ0v) is 32.9. The van der Waals surface area contributed by atoms with Crippen LogP contribution in [0.15, 0.2) is 146 Å². The van der Waals surface area contributed by atoms with Crippen LogP contribution < -0.4 is 25.5 Å². The van der Waals surface area contributed by atoms with Crippen molar-refractivity contribution < 1.29 is 13.6 Å². The van der Waals surface area contributed by atoms with Crippen LogP contribution in [0.25, 0.3) is 0 Å². The van der Waals surface area contributed by atoms with Gasteiger partial charge >= 0.3 is 0 Å². The fourth-order valence-corrected chi connectivity index (χ4v) is 17.9. The number of rotatable bonds is 10. The molecule has 1 fully saturated rings. The Hall–Kier alpha value is -3.75. The molecule has 0 aromatic heterocycles. The number of hydrogen-bond acceptors (Lipinski definition) is 3. The molecule has 260 valence electrons. The monoisotopic (exact) mass is 698 g/mol. The molecular weight excluding hydrogens is 645 g/mol. The van der Waals surface area contributed by atoms with Crippen molar-refractivity contribution in [1.29, 1.82) is 0 Å². The second kappa shape index (κ2) is 14.8. The summed E-state index contributed by atoms with van der Waals surface area (Å²) in [5, 5.41) is 5.03. The summed E-state index contributed by atoms with van der Waals surface area (Å²) in [5.41, 5.74) is 1.32. The second-order valence-corrected chi connectivity index (χ2v) is 24.5. The van der Waals surface area contributed by atoms with Crippen molar-refractivity contribution in [2.24, 2.45) is 0 Å². The average molecular weight is 699 g/mol. The molecule has 1 saturated carbocycles. The molecule has 0 heterocycles. The molecule has 0 radical (unpaired) electrons. The summed E-state index contributed by atoms with van der Waals surface area (Å²) in [5.74, 6) is 1.16. The summed E-state index contributed by atoms with van der Waals surface area (Å²) in [6, 6.07) is 52.9. The highest BCUT2D eigenvalue weighted by Gasteiger charge is 2.55. The summed E-state index contributed by atoms with van der Waals surface area (Å²) in [6.45, 7) is 14.2. The van der Waals surface area contributed by atoms with Crippen molar-refractivity contribution in [3.05, 3.63) is 151 Å². The predicted molar refractivity (Wildman–Crippen MR) is 215 cm³/mol. The molecule has 1 aliphatic rings. The summed E-state index contributed by atoms with van der Waals surface area (Å²) in [7, 11) is -3.86. The number of methoxy groups -OCH3 is 1. The van der Waals surface area contributed by atoms with Crippen molar-refractivity contribution in [3.63, 3.8) is 0 Å². The Balaban J connectivity index is 1.48. The van der Waals surface area contributed by atoms with Crippen molar-refractivity contribution in [1.82, 2.24) is 0 Å². The first kappa shape index (κ1) is 36.1. The van der Waals surface area contributed by atoms with E-state index >= 15 is 0 Å². The van der Waals surface area contributed by atoms with E-state index in [1.165, 1.54) is 26.3 Å². The molecule has 2 unspecified atom stereocenters. The molecular formula is C45H54O3Si2. The molecule has 0 aliphatic heterocycles. The van der Waals surface area contributed by atoms with Crippen LogP contribution in [0.4, 0.5) is 0 Å². The largest absolute Gasteiger partial charge is 0.497 e. The third-order valence-electron chi connectivity index (χ3n) is 10.7. The van der Waals surface area contributed by atoms with E-state index in [9.17, 15) is 0 Å². The Morgan fingerprint density at radius 1 is 0.440 bits per heavy atom. The second-order valence-electron chi connectivity index (χ2n) is 16.0. The standard InChI is InChI=1S/C45H54O3Si2/c1-44(2,3)49(40-20-12-8-13-21-40,41-22-14-9-15-23-41)47-38-32-36(35-28-30-37(46-7)31-29-35)33-39(34-38)48-50(45(4,5)6,42-24-16-10-17-25-42)43-26-18-11-19-27-43/h8-31,36,38-39H,32-34H2,1-7H3. The maximum absolute atomic E-state index is 7.90. The molecule has 6 rings (SSSR count). The van der Waals surface area contributed by atoms with Gasteiger partial charge in [-0.05, 0) is 73.7 Å². The van der Waals surface area contributed by atoms with E-state index in [-0.39, 0.29) is 28.2 Å². The highest BCUT2D eigenvalue weighted by molar-refractivity contribution is 7.00. The van der Waals surface area contributed by atoms with E-state index in [1.54, 1.807) is 7.11 Å². The van der Waals surface area contributed by atoms with Gasteiger partial charge < -0.3 is 13.6 Å². The lowest BCUT2D eigenvalue weighted by Crippen LogP contribution is -2.69. The van der Waals surface area contributed by atoms with Gasteiger partial charge in [0, 0.05) is 12.2 Å². The molecule has 5 heteroatoms. The third-order valence-corrected chi connectivity index (χ3v) is 20.9. The van der Waals surface area contributed by atoms with Crippen LogP contribution in [0, 0.1) is 0 Å². The van der Waals surface area contributed by atoms with Gasteiger partial charge in [-0.15, -0.1) is 0 Å². The van der Waals surface area contributed by atoms with E-state index in [1.807, 2.05) is 0 Å². The van der Waals surface area contributed by atoms with Crippen LogP contribution in [0.5, 0.6) is 5.75 Å². The highest BCUT2D eigenvalue weighted by Crippen LogP contribution is 2.45. The Labute approximate surface area is 302 Å². The summed E-state index contributed by atoms with van der Waals surface area (Å²) < 4.78 is 21.4. The molecule has 50 heavy (non-hydrogen) atoms. The van der Waals surface area contributed by atoms with E-state index in [2.05, 4.69) is 187 Å². The smallest absolute Gasteiger partial charge is 0.261 e. The maximum atomic E-state index is 7.90. The highest BCUT2D eigenvalue weighted by atomic mass is 28.4. The first-order valence-corrected chi connectivity index (χ1v) is 22.0. The topological polar surface area (TPSA) is 27.7 Å². The molecule has 5 aromatic carbocycles. The van der Waals surface area contributed by atoms with Gasteiger partial charge in [-0.2, -0.15) is 0 Å². The van der Waals surface area contributed by atoms with E-state index in [4.69, 9.17) is 13.6 Å². The zero-order valence-electron chi connectivity index (χ0n) is 30.9. The van der Waals surface area contributed by atoms with Crippen molar-refractivity contribution in [3.8, 4) is 5.75 Å². The molecule has 0 amide bonds. The lowest BCUT2D eigenvalue weighted by Gasteiger charge is -2.50. The minimum atomic E-state index is -2.80. The van der Waals surface area contributed by atoms with Crippen molar-refractivity contribution >= 4 is 37.4 Å². The fraction of sp³-hybridized carbons (Fsp3) is 0.333. The molecule has 3 nitrogen and oxygen atoms in total. The van der Waals surface area contributed by atoms with Crippen LogP contribution in [-0.2, 0) is 8.85 Å². The molecule has 5 aromatic rings. The fourth-order valence-electron chi connectivity index (χ4n) is 8.44. The van der Waals surface area contributed by atoms with E-state index in [0.717, 1.165) is 25.0 Å². The first-order chi connectivity index (χ1) is 24.0. The minimum Gasteiger partial charge on any atom is -0.497 e. The van der Waals surface area contributed by atoms with Gasteiger partial charge in [0.25, 0.3) is 16.6 Å². The van der Waals surface area contributed by atoms with Crippen LogP contribution in [0.3, 0.4) is 0 Å². The molecule has 2 atom stereocenters. The molecule has 0 saturated heterocycles. The van der Waals surface area contributed by atoms with Gasteiger partial charge in [-0.3, -0.25) is 0 Å². The number of hydrogen-bond donors (Lipinski definition) is 0. The third kappa shape index (κ3) is 7.06. The van der Waals surface area contributed by atoms with E-state index in [0.29, 0.717) is 0 Å². The van der Waals surface area contributed by atoms with Crippen molar-refractivity contribution in [2.45, 2.75) is 89.0 Å².